The van der Waals surface area contributed by atoms with Crippen molar-refractivity contribution in [1.29, 1.82) is 0 Å². The Kier molecular flexibility index (Phi) is 4.89. The lowest BCUT2D eigenvalue weighted by Gasteiger charge is -2.12. The van der Waals surface area contributed by atoms with Crippen LogP contribution in [0.4, 0.5) is 0 Å². The van der Waals surface area contributed by atoms with Gasteiger partial charge in [0.2, 0.25) is 0 Å². The zero-order valence-corrected chi connectivity index (χ0v) is 10.1. The van der Waals surface area contributed by atoms with Crippen LogP contribution >= 0.6 is 0 Å². The van der Waals surface area contributed by atoms with Crippen LogP contribution in [0.5, 0.6) is 0 Å². The number of aryl methyl sites for hydroxylation is 1. The molecule has 0 spiro atoms. The van der Waals surface area contributed by atoms with Crippen LogP contribution in [0.3, 0.4) is 0 Å². The van der Waals surface area contributed by atoms with Gasteiger partial charge in [0.1, 0.15) is 0 Å². The standard InChI is InChI=1S/C13H23NO/c1-4-5-6-8-14-9-7-12(10-14)13(15)11(2)3/h7,9-11,13,15H,4-6,8H2,1-3H3. The first kappa shape index (κ1) is 12.3. The lowest BCUT2D eigenvalue weighted by Crippen LogP contribution is -2.04. The third-order valence-corrected chi connectivity index (χ3v) is 2.77. The van der Waals surface area contributed by atoms with Crippen LogP contribution in [0.1, 0.15) is 51.7 Å². The van der Waals surface area contributed by atoms with Gasteiger partial charge < -0.3 is 9.67 Å². The van der Waals surface area contributed by atoms with Crippen LogP contribution in [0, 0.1) is 5.92 Å². The summed E-state index contributed by atoms with van der Waals surface area (Å²) in [6.07, 6.45) is 7.57. The summed E-state index contributed by atoms with van der Waals surface area (Å²) in [6, 6.07) is 2.02. The molecule has 0 aromatic carbocycles. The Morgan fingerprint density at radius 3 is 2.67 bits per heavy atom. The van der Waals surface area contributed by atoms with E-state index in [-0.39, 0.29) is 12.0 Å². The van der Waals surface area contributed by atoms with E-state index in [0.717, 1.165) is 12.1 Å². The topological polar surface area (TPSA) is 25.2 Å². The van der Waals surface area contributed by atoms with E-state index in [4.69, 9.17) is 0 Å². The summed E-state index contributed by atoms with van der Waals surface area (Å²) in [5.41, 5.74) is 1.04. The summed E-state index contributed by atoms with van der Waals surface area (Å²) in [7, 11) is 0. The molecule has 0 bridgehead atoms. The first-order valence-corrected chi connectivity index (χ1v) is 5.99. The van der Waals surface area contributed by atoms with E-state index in [1.54, 1.807) is 0 Å². The summed E-state index contributed by atoms with van der Waals surface area (Å²) in [5.74, 6) is 0.288. The molecule has 0 fully saturated rings. The molecule has 1 atom stereocenters. The van der Waals surface area contributed by atoms with Crippen molar-refractivity contribution in [3.63, 3.8) is 0 Å². The molecule has 1 unspecified atom stereocenters. The molecule has 86 valence electrons. The fraction of sp³-hybridized carbons (Fsp3) is 0.692. The largest absolute Gasteiger partial charge is 0.388 e. The molecule has 0 aliphatic rings. The Hall–Kier alpha value is -0.760. The SMILES string of the molecule is CCCCCn1ccc(C(O)C(C)C)c1. The van der Waals surface area contributed by atoms with Gasteiger partial charge in [-0.3, -0.25) is 0 Å². The van der Waals surface area contributed by atoms with Crippen molar-refractivity contribution >= 4 is 0 Å². The van der Waals surface area contributed by atoms with Gasteiger partial charge >= 0.3 is 0 Å². The molecular weight excluding hydrogens is 186 g/mol. The zero-order chi connectivity index (χ0) is 11.3. The molecule has 0 radical (unpaired) electrons. The molecule has 0 amide bonds. The number of hydrogen-bond donors (Lipinski definition) is 1. The van der Waals surface area contributed by atoms with Gasteiger partial charge in [-0.25, -0.2) is 0 Å². The second-order valence-electron chi connectivity index (χ2n) is 4.58. The van der Waals surface area contributed by atoms with Gasteiger partial charge in [-0.05, 0) is 24.0 Å². The molecule has 1 heterocycles. The summed E-state index contributed by atoms with van der Waals surface area (Å²) >= 11 is 0. The van der Waals surface area contributed by atoms with Gasteiger partial charge in [-0.1, -0.05) is 33.6 Å². The van der Waals surface area contributed by atoms with Crippen molar-refractivity contribution in [2.24, 2.45) is 5.92 Å². The van der Waals surface area contributed by atoms with E-state index in [2.05, 4.69) is 23.9 Å². The van der Waals surface area contributed by atoms with E-state index in [1.165, 1.54) is 19.3 Å². The maximum absolute atomic E-state index is 9.87. The molecular formula is C13H23NO. The number of hydrogen-bond acceptors (Lipinski definition) is 1. The van der Waals surface area contributed by atoms with Crippen LogP contribution < -0.4 is 0 Å². The van der Waals surface area contributed by atoms with Crippen molar-refractivity contribution < 1.29 is 5.11 Å². The van der Waals surface area contributed by atoms with E-state index in [1.807, 2.05) is 19.9 Å². The highest BCUT2D eigenvalue weighted by molar-refractivity contribution is 5.13. The Bertz CT molecular complexity index is 278. The molecule has 1 aromatic rings. The lowest BCUT2D eigenvalue weighted by molar-refractivity contribution is 0.127. The molecule has 0 saturated carbocycles. The molecule has 1 rings (SSSR count). The van der Waals surface area contributed by atoms with E-state index in [0.29, 0.717) is 0 Å². The van der Waals surface area contributed by atoms with Gasteiger partial charge in [0.05, 0.1) is 6.10 Å². The van der Waals surface area contributed by atoms with E-state index < -0.39 is 0 Å². The van der Waals surface area contributed by atoms with Gasteiger partial charge in [0, 0.05) is 18.9 Å². The second kappa shape index (κ2) is 5.96. The quantitative estimate of drug-likeness (QED) is 0.714. The average Bonchev–Trinajstić information content (AvgIpc) is 2.65. The first-order valence-electron chi connectivity index (χ1n) is 5.99. The highest BCUT2D eigenvalue weighted by Gasteiger charge is 2.12. The smallest absolute Gasteiger partial charge is 0.0827 e. The van der Waals surface area contributed by atoms with Crippen molar-refractivity contribution in [2.45, 2.75) is 52.7 Å². The monoisotopic (exact) mass is 209 g/mol. The van der Waals surface area contributed by atoms with Gasteiger partial charge in [-0.2, -0.15) is 0 Å². The summed E-state index contributed by atoms with van der Waals surface area (Å²) < 4.78 is 2.18. The predicted molar refractivity (Wildman–Crippen MR) is 63.8 cm³/mol. The van der Waals surface area contributed by atoms with Crippen LogP contribution in [0.2, 0.25) is 0 Å². The minimum Gasteiger partial charge on any atom is -0.388 e. The number of aliphatic hydroxyl groups excluding tert-OH is 1. The Morgan fingerprint density at radius 1 is 1.33 bits per heavy atom. The molecule has 0 saturated heterocycles. The van der Waals surface area contributed by atoms with Crippen LogP contribution in [0.25, 0.3) is 0 Å². The van der Waals surface area contributed by atoms with Crippen molar-refractivity contribution in [3.8, 4) is 0 Å². The minimum absolute atomic E-state index is 0.288. The maximum atomic E-state index is 9.87. The molecule has 0 aliphatic carbocycles. The number of aliphatic hydroxyl groups is 1. The van der Waals surface area contributed by atoms with Gasteiger partial charge in [0.25, 0.3) is 0 Å². The van der Waals surface area contributed by atoms with E-state index in [9.17, 15) is 5.11 Å². The Labute approximate surface area is 92.9 Å². The molecule has 2 heteroatoms. The maximum Gasteiger partial charge on any atom is 0.0827 e. The zero-order valence-electron chi connectivity index (χ0n) is 10.1. The average molecular weight is 209 g/mol. The van der Waals surface area contributed by atoms with Crippen molar-refractivity contribution in [1.82, 2.24) is 4.57 Å². The molecule has 0 aliphatic heterocycles. The molecule has 2 nitrogen and oxygen atoms in total. The third kappa shape index (κ3) is 3.71. The fourth-order valence-corrected chi connectivity index (χ4v) is 1.70. The highest BCUT2D eigenvalue weighted by Crippen LogP contribution is 2.21. The third-order valence-electron chi connectivity index (χ3n) is 2.77. The van der Waals surface area contributed by atoms with Crippen molar-refractivity contribution in [2.75, 3.05) is 0 Å². The van der Waals surface area contributed by atoms with E-state index >= 15 is 0 Å². The first-order chi connectivity index (χ1) is 7.15. The predicted octanol–water partition coefficient (Wildman–Crippen LogP) is 3.37. The minimum atomic E-state index is -0.322. The normalized spacial score (nSPS) is 13.4. The Morgan fingerprint density at radius 2 is 2.07 bits per heavy atom. The lowest BCUT2D eigenvalue weighted by atomic mass is 10.0. The van der Waals surface area contributed by atoms with Crippen LogP contribution in [0.15, 0.2) is 18.5 Å². The van der Waals surface area contributed by atoms with Crippen LogP contribution in [-0.2, 0) is 6.54 Å². The van der Waals surface area contributed by atoms with Crippen LogP contribution in [-0.4, -0.2) is 9.67 Å². The molecule has 15 heavy (non-hydrogen) atoms. The second-order valence-corrected chi connectivity index (χ2v) is 4.58. The van der Waals surface area contributed by atoms with Crippen molar-refractivity contribution in [3.05, 3.63) is 24.0 Å². The number of nitrogens with zero attached hydrogens (tertiary/aromatic N) is 1. The van der Waals surface area contributed by atoms with Gasteiger partial charge in [0.15, 0.2) is 0 Å². The van der Waals surface area contributed by atoms with Gasteiger partial charge in [-0.15, -0.1) is 0 Å². The Balaban J connectivity index is 2.48. The molecule has 1 aromatic heterocycles. The summed E-state index contributed by atoms with van der Waals surface area (Å²) in [4.78, 5) is 0. The number of aromatic nitrogens is 1. The number of rotatable bonds is 6. The summed E-state index contributed by atoms with van der Waals surface area (Å²) in [6.45, 7) is 7.36. The summed E-state index contributed by atoms with van der Waals surface area (Å²) in [5, 5.41) is 9.87. The molecule has 1 N–H and O–H groups in total. The fourth-order valence-electron chi connectivity index (χ4n) is 1.70. The highest BCUT2D eigenvalue weighted by atomic mass is 16.3. The number of unbranched alkanes of at least 4 members (excludes halogenated alkanes) is 2.